The van der Waals surface area contributed by atoms with Crippen molar-refractivity contribution in [3.63, 3.8) is 0 Å². The van der Waals surface area contributed by atoms with Gasteiger partial charge in [-0.3, -0.25) is 0 Å². The Morgan fingerprint density at radius 2 is 1.92 bits per heavy atom. The van der Waals surface area contributed by atoms with Crippen molar-refractivity contribution in [3.05, 3.63) is 35.9 Å². The SMILES string of the molecule is ClNC(c1ccccc1)C1CCC1. The van der Waals surface area contributed by atoms with E-state index in [9.17, 15) is 0 Å². The van der Waals surface area contributed by atoms with Gasteiger partial charge in [-0.05, 0) is 36.1 Å². The average molecular weight is 196 g/mol. The van der Waals surface area contributed by atoms with Crippen LogP contribution in [0.4, 0.5) is 0 Å². The number of nitrogens with one attached hydrogen (secondary N) is 1. The van der Waals surface area contributed by atoms with Crippen LogP contribution in [0.25, 0.3) is 0 Å². The lowest BCUT2D eigenvalue weighted by atomic mass is 9.78. The van der Waals surface area contributed by atoms with Crippen LogP contribution in [-0.2, 0) is 0 Å². The molecule has 1 aliphatic rings. The molecule has 1 aliphatic carbocycles. The fraction of sp³-hybridized carbons (Fsp3) is 0.455. The molecule has 0 saturated heterocycles. The van der Waals surface area contributed by atoms with Crippen LogP contribution in [0.1, 0.15) is 30.9 Å². The maximum Gasteiger partial charge on any atom is 0.0498 e. The van der Waals surface area contributed by atoms with E-state index in [1.165, 1.54) is 24.8 Å². The Morgan fingerprint density at radius 3 is 2.38 bits per heavy atom. The summed E-state index contributed by atoms with van der Waals surface area (Å²) >= 11 is 5.76. The normalized spacial score (nSPS) is 19.5. The molecule has 2 heteroatoms. The molecule has 1 aromatic carbocycles. The van der Waals surface area contributed by atoms with Crippen LogP contribution < -0.4 is 4.84 Å². The molecular weight excluding hydrogens is 182 g/mol. The van der Waals surface area contributed by atoms with E-state index < -0.39 is 0 Å². The van der Waals surface area contributed by atoms with Gasteiger partial charge in [0.15, 0.2) is 0 Å². The number of hydrogen-bond acceptors (Lipinski definition) is 1. The molecule has 0 aromatic heterocycles. The highest BCUT2D eigenvalue weighted by molar-refractivity contribution is 6.13. The van der Waals surface area contributed by atoms with Gasteiger partial charge >= 0.3 is 0 Å². The van der Waals surface area contributed by atoms with E-state index in [1.54, 1.807) is 0 Å². The molecule has 0 amide bonds. The minimum absolute atomic E-state index is 0.344. The summed E-state index contributed by atoms with van der Waals surface area (Å²) < 4.78 is 0. The molecule has 0 aliphatic heterocycles. The van der Waals surface area contributed by atoms with E-state index in [0.717, 1.165) is 5.92 Å². The number of benzene rings is 1. The zero-order chi connectivity index (χ0) is 9.10. The first-order valence-electron chi connectivity index (χ1n) is 4.83. The third-order valence-electron chi connectivity index (χ3n) is 2.90. The summed E-state index contributed by atoms with van der Waals surface area (Å²) in [5, 5.41) is 0. The minimum Gasteiger partial charge on any atom is -0.226 e. The summed E-state index contributed by atoms with van der Waals surface area (Å²) in [5.41, 5.74) is 1.31. The molecule has 1 atom stereocenters. The second-order valence-electron chi connectivity index (χ2n) is 3.69. The molecule has 0 bridgehead atoms. The van der Waals surface area contributed by atoms with Crippen LogP contribution in [0.15, 0.2) is 30.3 Å². The third-order valence-corrected chi connectivity index (χ3v) is 3.13. The Kier molecular flexibility index (Phi) is 2.87. The molecule has 13 heavy (non-hydrogen) atoms. The van der Waals surface area contributed by atoms with Crippen molar-refractivity contribution < 1.29 is 0 Å². The van der Waals surface area contributed by atoms with E-state index in [2.05, 4.69) is 29.1 Å². The highest BCUT2D eigenvalue weighted by Gasteiger charge is 2.27. The van der Waals surface area contributed by atoms with Crippen LogP contribution in [0, 0.1) is 5.92 Å². The number of halogens is 1. The monoisotopic (exact) mass is 195 g/mol. The second-order valence-corrected chi connectivity index (χ2v) is 3.91. The number of rotatable bonds is 3. The minimum atomic E-state index is 0.344. The van der Waals surface area contributed by atoms with Crippen molar-refractivity contribution in [2.24, 2.45) is 5.92 Å². The molecule has 0 radical (unpaired) electrons. The molecule has 1 saturated carbocycles. The zero-order valence-electron chi connectivity index (χ0n) is 7.54. The summed E-state index contributed by atoms with van der Waals surface area (Å²) in [7, 11) is 0. The largest absolute Gasteiger partial charge is 0.226 e. The van der Waals surface area contributed by atoms with Gasteiger partial charge in [0, 0.05) is 6.04 Å². The average Bonchev–Trinajstić information content (AvgIpc) is 2.12. The summed E-state index contributed by atoms with van der Waals surface area (Å²) in [6, 6.07) is 10.8. The lowest BCUT2D eigenvalue weighted by Gasteiger charge is -2.32. The van der Waals surface area contributed by atoms with Crippen LogP contribution >= 0.6 is 11.8 Å². The van der Waals surface area contributed by atoms with Crippen LogP contribution in [0.5, 0.6) is 0 Å². The summed E-state index contributed by atoms with van der Waals surface area (Å²) in [5.74, 6) is 0.736. The third kappa shape index (κ3) is 1.87. The van der Waals surface area contributed by atoms with Crippen molar-refractivity contribution >= 4 is 11.8 Å². The van der Waals surface area contributed by atoms with Gasteiger partial charge in [-0.25, -0.2) is 4.84 Å². The maximum atomic E-state index is 5.76. The van der Waals surface area contributed by atoms with Crippen LogP contribution in [0.3, 0.4) is 0 Å². The van der Waals surface area contributed by atoms with Gasteiger partial charge in [0.25, 0.3) is 0 Å². The predicted octanol–water partition coefficient (Wildman–Crippen LogP) is 3.27. The molecule has 0 spiro atoms. The van der Waals surface area contributed by atoms with Crippen molar-refractivity contribution in [3.8, 4) is 0 Å². The standard InChI is InChI=1S/C11H14ClN/c12-13-11(10-7-4-8-10)9-5-2-1-3-6-9/h1-3,5-6,10-11,13H,4,7-8H2. The van der Waals surface area contributed by atoms with E-state index in [1.807, 2.05) is 6.07 Å². The van der Waals surface area contributed by atoms with Crippen molar-refractivity contribution in [1.82, 2.24) is 4.84 Å². The lowest BCUT2D eigenvalue weighted by molar-refractivity contribution is 0.253. The molecule has 1 unspecified atom stereocenters. The smallest absolute Gasteiger partial charge is 0.0498 e. The summed E-state index contributed by atoms with van der Waals surface area (Å²) in [6.07, 6.45) is 3.96. The summed E-state index contributed by atoms with van der Waals surface area (Å²) in [4.78, 5) is 2.89. The molecule has 1 aromatic rings. The Morgan fingerprint density at radius 1 is 1.23 bits per heavy atom. The first-order valence-corrected chi connectivity index (χ1v) is 5.20. The first kappa shape index (κ1) is 9.04. The number of hydrogen-bond donors (Lipinski definition) is 1. The van der Waals surface area contributed by atoms with Crippen molar-refractivity contribution in [1.29, 1.82) is 0 Å². The highest BCUT2D eigenvalue weighted by Crippen LogP contribution is 2.37. The fourth-order valence-corrected chi connectivity index (χ4v) is 2.16. The van der Waals surface area contributed by atoms with Crippen LogP contribution in [-0.4, -0.2) is 0 Å². The molecular formula is C11H14ClN. The molecule has 70 valence electrons. The Labute approximate surface area is 84.2 Å². The van der Waals surface area contributed by atoms with Gasteiger partial charge in [0.2, 0.25) is 0 Å². The molecule has 1 fully saturated rings. The van der Waals surface area contributed by atoms with E-state index in [0.29, 0.717) is 6.04 Å². The van der Waals surface area contributed by atoms with Gasteiger partial charge in [-0.1, -0.05) is 36.8 Å². The maximum absolute atomic E-state index is 5.76. The fourth-order valence-electron chi connectivity index (χ4n) is 1.86. The Balaban J connectivity index is 2.12. The Bertz CT molecular complexity index is 256. The highest BCUT2D eigenvalue weighted by atomic mass is 35.5. The van der Waals surface area contributed by atoms with Gasteiger partial charge in [0.05, 0.1) is 0 Å². The first-order chi connectivity index (χ1) is 6.42. The van der Waals surface area contributed by atoms with E-state index in [4.69, 9.17) is 11.8 Å². The lowest BCUT2D eigenvalue weighted by Crippen LogP contribution is -2.27. The van der Waals surface area contributed by atoms with E-state index in [-0.39, 0.29) is 0 Å². The molecule has 0 heterocycles. The summed E-state index contributed by atoms with van der Waals surface area (Å²) in [6.45, 7) is 0. The molecule has 2 rings (SSSR count). The predicted molar refractivity (Wildman–Crippen MR) is 55.5 cm³/mol. The van der Waals surface area contributed by atoms with E-state index >= 15 is 0 Å². The van der Waals surface area contributed by atoms with Crippen LogP contribution in [0.2, 0.25) is 0 Å². The molecule has 1 nitrogen and oxygen atoms in total. The van der Waals surface area contributed by atoms with Crippen molar-refractivity contribution in [2.45, 2.75) is 25.3 Å². The molecule has 1 N–H and O–H groups in total. The van der Waals surface area contributed by atoms with Gasteiger partial charge in [0.1, 0.15) is 0 Å². The van der Waals surface area contributed by atoms with Gasteiger partial charge in [-0.15, -0.1) is 0 Å². The Hall–Kier alpha value is -0.530. The topological polar surface area (TPSA) is 12.0 Å². The zero-order valence-corrected chi connectivity index (χ0v) is 8.30. The van der Waals surface area contributed by atoms with Crippen molar-refractivity contribution in [2.75, 3.05) is 0 Å². The second kappa shape index (κ2) is 4.12. The van der Waals surface area contributed by atoms with Gasteiger partial charge < -0.3 is 0 Å². The van der Waals surface area contributed by atoms with Gasteiger partial charge in [-0.2, -0.15) is 0 Å². The quantitative estimate of drug-likeness (QED) is 0.731.